The van der Waals surface area contributed by atoms with Gasteiger partial charge < -0.3 is 15.1 Å². The van der Waals surface area contributed by atoms with Crippen LogP contribution < -0.4 is 4.90 Å². The summed E-state index contributed by atoms with van der Waals surface area (Å²) in [5.74, 6) is -3.55. The number of anilines is 1. The average Bonchev–Trinajstić information content (AvgIpc) is 3.38. The molecule has 44 heavy (non-hydrogen) atoms. The summed E-state index contributed by atoms with van der Waals surface area (Å²) in [6.45, 7) is 5.14. The van der Waals surface area contributed by atoms with Crippen LogP contribution in [0.1, 0.15) is 48.7 Å². The van der Waals surface area contributed by atoms with Crippen molar-refractivity contribution in [3.05, 3.63) is 105 Å². The number of hydrogen-bond acceptors (Lipinski definition) is 5. The van der Waals surface area contributed by atoms with Crippen molar-refractivity contribution in [2.45, 2.75) is 44.8 Å². The van der Waals surface area contributed by atoms with E-state index in [-0.39, 0.29) is 62.5 Å². The van der Waals surface area contributed by atoms with Crippen LogP contribution in [0.3, 0.4) is 0 Å². The van der Waals surface area contributed by atoms with Crippen LogP contribution in [0.2, 0.25) is 10.0 Å². The highest BCUT2D eigenvalue weighted by Gasteiger charge is 2.63. The summed E-state index contributed by atoms with van der Waals surface area (Å²) in [6, 6.07) is 14.9. The number of benzene rings is 3. The van der Waals surface area contributed by atoms with Gasteiger partial charge in [-0.2, -0.15) is 5.26 Å². The van der Waals surface area contributed by atoms with Gasteiger partial charge in [-0.05, 0) is 54.3 Å². The number of carboxylic acid groups (broad SMARTS) is 1. The number of carbonyl (C=O) groups excluding carboxylic acids is 1. The van der Waals surface area contributed by atoms with E-state index in [0.717, 1.165) is 6.07 Å². The lowest BCUT2D eigenvalue weighted by Gasteiger charge is -2.42. The first kappa shape index (κ1) is 33.2. The molecule has 2 aliphatic rings. The summed E-state index contributed by atoms with van der Waals surface area (Å²) in [7, 11) is 0. The Morgan fingerprint density at radius 1 is 1.09 bits per heavy atom. The molecule has 0 unspecified atom stereocenters. The lowest BCUT2D eigenvalue weighted by molar-refractivity contribution is -0.114. The maximum Gasteiger partial charge on any atom is 0.335 e. The molecular weight excluding hydrogens is 635 g/mol. The van der Waals surface area contributed by atoms with Crippen LogP contribution in [-0.2, 0) is 10.2 Å². The summed E-state index contributed by atoms with van der Waals surface area (Å²) < 4.78 is 31.9. The number of hydrogen-bond donors (Lipinski definition) is 2. The van der Waals surface area contributed by atoms with Crippen LogP contribution >= 0.6 is 35.6 Å². The van der Waals surface area contributed by atoms with Gasteiger partial charge in [0.15, 0.2) is 0 Å². The standard InChI is InChI=1S/C32H27Cl2F2N3O4.ClH/c1-31(2,3)14-24-32(16-37,21-12-9-18(33)13-23(21)35)26(20-5-4-6-22(34)27(20)36)28-29(41)38(25(15-40)39(24)28)19-10-7-17(8-11-19)30(42)43;/h4-13,24-25,40H,14-15H2,1-3H3,(H,42,43);1H/t24-,25+,32-;/m0./s1. The minimum absolute atomic E-state index is 0. The van der Waals surface area contributed by atoms with Crippen molar-refractivity contribution in [1.82, 2.24) is 4.90 Å². The fourth-order valence-corrected chi connectivity index (χ4v) is 6.53. The van der Waals surface area contributed by atoms with Gasteiger partial charge in [-0.25, -0.2) is 13.6 Å². The number of nitriles is 1. The van der Waals surface area contributed by atoms with Gasteiger partial charge >= 0.3 is 5.97 Å². The van der Waals surface area contributed by atoms with E-state index in [4.69, 9.17) is 23.2 Å². The largest absolute Gasteiger partial charge is 0.478 e. The highest BCUT2D eigenvalue weighted by molar-refractivity contribution is 6.31. The predicted molar refractivity (Wildman–Crippen MR) is 166 cm³/mol. The van der Waals surface area contributed by atoms with Crippen molar-refractivity contribution in [3.63, 3.8) is 0 Å². The quantitative estimate of drug-likeness (QED) is 0.293. The number of fused-ring (bicyclic) bond motifs is 1. The van der Waals surface area contributed by atoms with Crippen molar-refractivity contribution >= 4 is 58.7 Å². The molecular formula is C32H28Cl3F2N3O4. The number of carbonyl (C=O) groups is 2. The fraction of sp³-hybridized carbons (Fsp3) is 0.281. The molecule has 2 N–H and O–H groups in total. The molecule has 5 rings (SSSR count). The highest BCUT2D eigenvalue weighted by Crippen LogP contribution is 2.58. The third-order valence-electron chi connectivity index (χ3n) is 7.88. The molecule has 0 bridgehead atoms. The molecule has 3 aromatic rings. The molecule has 230 valence electrons. The third kappa shape index (κ3) is 5.20. The van der Waals surface area contributed by atoms with E-state index < -0.39 is 53.2 Å². The number of aliphatic hydroxyl groups is 1. The lowest BCUT2D eigenvalue weighted by Crippen LogP contribution is -2.53. The SMILES string of the molecule is CC(C)(C)C[C@@H]1N2C(=C(c3cccc(Cl)c3F)[C@@]1(C#N)c1ccc(Cl)cc1F)C(=O)N(c1ccc(C(=O)O)cc1)[C@H]2CO.Cl. The van der Waals surface area contributed by atoms with Crippen molar-refractivity contribution in [1.29, 1.82) is 5.26 Å². The molecule has 0 spiro atoms. The van der Waals surface area contributed by atoms with Crippen LogP contribution in [0.4, 0.5) is 14.5 Å². The maximum atomic E-state index is 15.9. The van der Waals surface area contributed by atoms with E-state index in [1.165, 1.54) is 59.5 Å². The first-order valence-corrected chi connectivity index (χ1v) is 14.1. The summed E-state index contributed by atoms with van der Waals surface area (Å²) in [6.07, 6.45) is -0.874. The summed E-state index contributed by atoms with van der Waals surface area (Å²) in [5, 5.41) is 31.0. The van der Waals surface area contributed by atoms with Crippen LogP contribution in [0.25, 0.3) is 5.57 Å². The van der Waals surface area contributed by atoms with E-state index in [1.54, 1.807) is 4.90 Å². The maximum absolute atomic E-state index is 15.9. The smallest absolute Gasteiger partial charge is 0.335 e. The normalized spacial score (nSPS) is 21.3. The van der Waals surface area contributed by atoms with Crippen molar-refractivity contribution in [3.8, 4) is 6.07 Å². The van der Waals surface area contributed by atoms with Gasteiger partial charge in [0, 0.05) is 27.4 Å². The molecule has 0 radical (unpaired) electrons. The molecule has 0 aliphatic carbocycles. The molecule has 7 nitrogen and oxygen atoms in total. The summed E-state index contributed by atoms with van der Waals surface area (Å²) >= 11 is 12.3. The topological polar surface area (TPSA) is 105 Å². The molecule has 0 aromatic heterocycles. The minimum Gasteiger partial charge on any atom is -0.478 e. The first-order valence-electron chi connectivity index (χ1n) is 13.4. The Balaban J connectivity index is 0.00000442. The average molecular weight is 663 g/mol. The molecule has 3 atom stereocenters. The van der Waals surface area contributed by atoms with Gasteiger partial charge in [0.05, 0.1) is 29.3 Å². The number of halogens is 5. The van der Waals surface area contributed by atoms with E-state index in [9.17, 15) is 25.1 Å². The van der Waals surface area contributed by atoms with E-state index in [2.05, 4.69) is 6.07 Å². The molecule has 3 aromatic carbocycles. The second-order valence-electron chi connectivity index (χ2n) is 11.7. The van der Waals surface area contributed by atoms with Gasteiger partial charge in [-0.3, -0.25) is 9.69 Å². The Hall–Kier alpha value is -3.68. The zero-order chi connectivity index (χ0) is 31.4. The van der Waals surface area contributed by atoms with Gasteiger partial charge in [0.25, 0.3) is 5.91 Å². The number of aromatic carboxylic acids is 1. The van der Waals surface area contributed by atoms with Gasteiger partial charge in [0.2, 0.25) is 0 Å². The monoisotopic (exact) mass is 661 g/mol. The summed E-state index contributed by atoms with van der Waals surface area (Å²) in [4.78, 5) is 28.8. The molecule has 2 aliphatic heterocycles. The second-order valence-corrected chi connectivity index (χ2v) is 12.6. The van der Waals surface area contributed by atoms with E-state index in [1.807, 2.05) is 20.8 Å². The number of rotatable bonds is 6. The van der Waals surface area contributed by atoms with Gasteiger partial charge in [-0.1, -0.05) is 62.2 Å². The predicted octanol–water partition coefficient (Wildman–Crippen LogP) is 7.05. The third-order valence-corrected chi connectivity index (χ3v) is 8.41. The van der Waals surface area contributed by atoms with Crippen LogP contribution in [0, 0.1) is 28.4 Å². The Morgan fingerprint density at radius 3 is 2.30 bits per heavy atom. The Morgan fingerprint density at radius 2 is 1.75 bits per heavy atom. The second kappa shape index (κ2) is 12.0. The van der Waals surface area contributed by atoms with Gasteiger partial charge in [-0.15, -0.1) is 12.4 Å². The van der Waals surface area contributed by atoms with Crippen molar-refractivity contribution < 1.29 is 28.6 Å². The van der Waals surface area contributed by atoms with Crippen molar-refractivity contribution in [2.75, 3.05) is 11.5 Å². The number of nitrogens with zero attached hydrogens (tertiary/aromatic N) is 3. The molecule has 1 saturated heterocycles. The first-order chi connectivity index (χ1) is 20.3. The van der Waals surface area contributed by atoms with Crippen LogP contribution in [0.5, 0.6) is 0 Å². The molecule has 0 saturated carbocycles. The van der Waals surface area contributed by atoms with E-state index in [0.29, 0.717) is 0 Å². The highest BCUT2D eigenvalue weighted by atomic mass is 35.5. The Kier molecular flexibility index (Phi) is 9.07. The lowest BCUT2D eigenvalue weighted by atomic mass is 9.65. The number of amides is 1. The molecule has 1 amide bonds. The van der Waals surface area contributed by atoms with Crippen LogP contribution in [0.15, 0.2) is 66.4 Å². The molecule has 12 heteroatoms. The Bertz CT molecular complexity index is 1720. The summed E-state index contributed by atoms with van der Waals surface area (Å²) in [5.41, 5.74) is -2.61. The van der Waals surface area contributed by atoms with Crippen LogP contribution in [-0.4, -0.2) is 45.8 Å². The number of aliphatic hydroxyl groups excluding tert-OH is 1. The molecule has 1 fully saturated rings. The number of carboxylic acids is 1. The van der Waals surface area contributed by atoms with E-state index >= 15 is 8.78 Å². The minimum atomic E-state index is -1.94. The zero-order valence-electron chi connectivity index (χ0n) is 23.8. The van der Waals surface area contributed by atoms with Gasteiger partial charge in [0.1, 0.15) is 28.9 Å². The fourth-order valence-electron chi connectivity index (χ4n) is 6.20. The Labute approximate surface area is 269 Å². The zero-order valence-corrected chi connectivity index (χ0v) is 26.1. The molecule has 2 heterocycles. The van der Waals surface area contributed by atoms with Crippen molar-refractivity contribution in [2.24, 2.45) is 5.41 Å².